The minimum absolute atomic E-state index is 0.592. The molecule has 0 aliphatic carbocycles. The van der Waals surface area contributed by atoms with Gasteiger partial charge in [0.1, 0.15) is 6.33 Å². The third kappa shape index (κ3) is 3.37. The van der Waals surface area contributed by atoms with Crippen molar-refractivity contribution >= 4 is 11.6 Å². The van der Waals surface area contributed by atoms with Crippen LogP contribution in [0.5, 0.6) is 0 Å². The first kappa shape index (κ1) is 15.0. The summed E-state index contributed by atoms with van der Waals surface area (Å²) in [7, 11) is 0. The Morgan fingerprint density at radius 1 is 1.30 bits per heavy atom. The lowest BCUT2D eigenvalue weighted by molar-refractivity contribution is 0.567. The zero-order valence-electron chi connectivity index (χ0n) is 12.2. The molecule has 0 unspecified atom stereocenters. The zero-order chi connectivity index (χ0) is 14.5. The lowest BCUT2D eigenvalue weighted by Gasteiger charge is -2.05. The summed E-state index contributed by atoms with van der Waals surface area (Å²) < 4.78 is 3.71. The highest BCUT2D eigenvalue weighted by Crippen LogP contribution is 2.20. The van der Waals surface area contributed by atoms with E-state index in [2.05, 4.69) is 27.4 Å². The van der Waals surface area contributed by atoms with Gasteiger partial charge in [0.15, 0.2) is 5.82 Å². The minimum atomic E-state index is 0.592. The van der Waals surface area contributed by atoms with E-state index < -0.39 is 0 Å². The molecule has 0 bridgehead atoms. The van der Waals surface area contributed by atoms with Crippen LogP contribution in [0.3, 0.4) is 0 Å². The second-order valence-electron chi connectivity index (χ2n) is 4.70. The molecule has 2 aromatic heterocycles. The number of halogens is 1. The highest BCUT2D eigenvalue weighted by Gasteiger charge is 2.13. The Labute approximate surface area is 124 Å². The third-order valence-electron chi connectivity index (χ3n) is 3.06. The fraction of sp³-hybridized carbons (Fsp3) is 0.615. The van der Waals surface area contributed by atoms with Crippen molar-refractivity contribution in [3.05, 3.63) is 28.6 Å². The summed E-state index contributed by atoms with van der Waals surface area (Å²) in [6, 6.07) is 0. The van der Waals surface area contributed by atoms with Crippen LogP contribution in [0.2, 0.25) is 5.02 Å². The molecule has 0 amide bonds. The van der Waals surface area contributed by atoms with Gasteiger partial charge in [0.2, 0.25) is 0 Å². The van der Waals surface area contributed by atoms with Gasteiger partial charge in [-0.1, -0.05) is 18.5 Å². The van der Waals surface area contributed by atoms with E-state index in [-0.39, 0.29) is 0 Å². The van der Waals surface area contributed by atoms with E-state index in [0.717, 1.165) is 36.7 Å². The molecule has 0 atom stereocenters. The summed E-state index contributed by atoms with van der Waals surface area (Å²) in [6.07, 6.45) is 2.84. The van der Waals surface area contributed by atoms with Crippen LogP contribution in [-0.2, 0) is 19.6 Å². The number of hydrogen-bond acceptors (Lipinski definition) is 4. The number of rotatable bonds is 7. The summed E-state index contributed by atoms with van der Waals surface area (Å²) in [5.74, 6) is 0.800. The van der Waals surface area contributed by atoms with Crippen molar-refractivity contribution in [3.63, 3.8) is 0 Å². The average Bonchev–Trinajstić information content (AvgIpc) is 2.99. The Morgan fingerprint density at radius 2 is 2.10 bits per heavy atom. The number of aryl methyl sites for hydroxylation is 2. The van der Waals surface area contributed by atoms with Gasteiger partial charge in [-0.3, -0.25) is 4.68 Å². The van der Waals surface area contributed by atoms with E-state index in [1.54, 1.807) is 11.0 Å². The van der Waals surface area contributed by atoms with Gasteiger partial charge in [-0.05, 0) is 26.8 Å². The number of hydrogen-bond donors (Lipinski definition) is 1. The van der Waals surface area contributed by atoms with Crippen LogP contribution in [0.1, 0.15) is 37.5 Å². The van der Waals surface area contributed by atoms with Gasteiger partial charge in [-0.15, -0.1) is 0 Å². The quantitative estimate of drug-likeness (QED) is 0.794. The second-order valence-corrected chi connectivity index (χ2v) is 5.07. The smallest absolute Gasteiger partial charge is 0.164 e. The topological polar surface area (TPSA) is 60.6 Å². The first-order valence-corrected chi connectivity index (χ1v) is 7.34. The van der Waals surface area contributed by atoms with Crippen LogP contribution < -0.4 is 5.32 Å². The minimum Gasteiger partial charge on any atom is -0.310 e. The van der Waals surface area contributed by atoms with E-state index >= 15 is 0 Å². The van der Waals surface area contributed by atoms with E-state index in [0.29, 0.717) is 18.1 Å². The molecule has 20 heavy (non-hydrogen) atoms. The van der Waals surface area contributed by atoms with Gasteiger partial charge in [-0.2, -0.15) is 10.2 Å². The van der Waals surface area contributed by atoms with Crippen molar-refractivity contribution in [2.75, 3.05) is 6.54 Å². The van der Waals surface area contributed by atoms with Crippen molar-refractivity contribution in [1.82, 2.24) is 29.9 Å². The SMILES string of the molecule is CCCNCc1ncn(Cc2c(Cl)c(C)nn2CC)n1. The van der Waals surface area contributed by atoms with Gasteiger partial charge in [0, 0.05) is 6.54 Å². The van der Waals surface area contributed by atoms with Gasteiger partial charge in [0.05, 0.1) is 29.5 Å². The monoisotopic (exact) mass is 296 g/mol. The maximum absolute atomic E-state index is 6.29. The highest BCUT2D eigenvalue weighted by molar-refractivity contribution is 6.31. The maximum Gasteiger partial charge on any atom is 0.164 e. The molecule has 0 aliphatic heterocycles. The predicted octanol–water partition coefficient (Wildman–Crippen LogP) is 2.00. The van der Waals surface area contributed by atoms with Crippen LogP contribution in [0.15, 0.2) is 6.33 Å². The van der Waals surface area contributed by atoms with Crippen molar-refractivity contribution in [2.24, 2.45) is 0 Å². The first-order valence-electron chi connectivity index (χ1n) is 6.96. The summed E-state index contributed by atoms with van der Waals surface area (Å²) in [4.78, 5) is 4.29. The van der Waals surface area contributed by atoms with Gasteiger partial charge in [-0.25, -0.2) is 9.67 Å². The predicted molar refractivity (Wildman–Crippen MR) is 78.8 cm³/mol. The third-order valence-corrected chi connectivity index (χ3v) is 3.55. The molecule has 110 valence electrons. The number of nitrogens with one attached hydrogen (secondary N) is 1. The molecule has 0 aromatic carbocycles. The van der Waals surface area contributed by atoms with E-state index in [1.807, 2.05) is 18.5 Å². The standard InChI is InChI=1S/C13H21ClN6/c1-4-6-15-7-12-16-9-19(18-12)8-11-13(14)10(3)17-20(11)5-2/h9,15H,4-8H2,1-3H3. The molecule has 0 spiro atoms. The fourth-order valence-corrected chi connectivity index (χ4v) is 2.24. The van der Waals surface area contributed by atoms with E-state index in [9.17, 15) is 0 Å². The fourth-order valence-electron chi connectivity index (χ4n) is 2.04. The van der Waals surface area contributed by atoms with Crippen LogP contribution in [0, 0.1) is 6.92 Å². The molecule has 0 aliphatic rings. The highest BCUT2D eigenvalue weighted by atomic mass is 35.5. The van der Waals surface area contributed by atoms with E-state index in [1.165, 1.54) is 0 Å². The van der Waals surface area contributed by atoms with Crippen molar-refractivity contribution < 1.29 is 0 Å². The summed E-state index contributed by atoms with van der Waals surface area (Å²) in [5, 5.41) is 12.8. The molecule has 0 fully saturated rings. The number of nitrogens with zero attached hydrogens (tertiary/aromatic N) is 5. The molecule has 6 nitrogen and oxygen atoms in total. The molecule has 2 aromatic rings. The lowest BCUT2D eigenvalue weighted by Crippen LogP contribution is -2.15. The van der Waals surface area contributed by atoms with Crippen LogP contribution >= 0.6 is 11.6 Å². The van der Waals surface area contributed by atoms with Gasteiger partial charge in [0.25, 0.3) is 0 Å². The Morgan fingerprint density at radius 3 is 2.80 bits per heavy atom. The normalized spacial score (nSPS) is 11.2. The first-order chi connectivity index (χ1) is 9.65. The van der Waals surface area contributed by atoms with Crippen molar-refractivity contribution in [2.45, 2.75) is 46.8 Å². The summed E-state index contributed by atoms with van der Waals surface area (Å²) >= 11 is 6.29. The number of aromatic nitrogens is 5. The molecule has 0 saturated heterocycles. The van der Waals surface area contributed by atoms with Crippen LogP contribution in [0.25, 0.3) is 0 Å². The molecule has 7 heteroatoms. The maximum atomic E-state index is 6.29. The molecule has 2 rings (SSSR count). The molecular weight excluding hydrogens is 276 g/mol. The Bertz CT molecular complexity index is 559. The Hall–Kier alpha value is -1.40. The van der Waals surface area contributed by atoms with Crippen molar-refractivity contribution in [1.29, 1.82) is 0 Å². The molecule has 2 heterocycles. The van der Waals surface area contributed by atoms with Crippen LogP contribution in [0.4, 0.5) is 0 Å². The zero-order valence-corrected chi connectivity index (χ0v) is 13.0. The van der Waals surface area contributed by atoms with Gasteiger partial charge < -0.3 is 5.32 Å². The van der Waals surface area contributed by atoms with Gasteiger partial charge >= 0.3 is 0 Å². The van der Waals surface area contributed by atoms with E-state index in [4.69, 9.17) is 11.6 Å². The summed E-state index contributed by atoms with van der Waals surface area (Å²) in [5.41, 5.74) is 1.83. The molecular formula is C13H21ClN6. The molecule has 0 saturated carbocycles. The lowest BCUT2D eigenvalue weighted by atomic mass is 10.3. The second kappa shape index (κ2) is 6.85. The van der Waals surface area contributed by atoms with Crippen LogP contribution in [-0.4, -0.2) is 31.1 Å². The molecule has 1 N–H and O–H groups in total. The Kier molecular flexibility index (Phi) is 5.14. The Balaban J connectivity index is 2.07. The largest absolute Gasteiger partial charge is 0.310 e. The molecule has 0 radical (unpaired) electrons. The van der Waals surface area contributed by atoms with Crippen molar-refractivity contribution in [3.8, 4) is 0 Å². The summed E-state index contributed by atoms with van der Waals surface area (Å²) in [6.45, 7) is 9.15. The average molecular weight is 297 g/mol.